The topological polar surface area (TPSA) is 62.2 Å². The van der Waals surface area contributed by atoms with Crippen LogP contribution in [0, 0.1) is 18.8 Å². The second-order valence-electron chi connectivity index (χ2n) is 4.16. The van der Waals surface area contributed by atoms with Gasteiger partial charge in [0, 0.05) is 17.3 Å². The number of carbonyl (C=O) groups excluding carboxylic acids is 1. The Hall–Kier alpha value is -2.64. The van der Waals surface area contributed by atoms with E-state index in [1.54, 1.807) is 24.4 Å². The number of hydrogen-bond acceptors (Lipinski definition) is 3. The number of nitrogens with zero attached hydrogens (tertiary/aromatic N) is 1. The van der Waals surface area contributed by atoms with Gasteiger partial charge in [0.05, 0.1) is 0 Å². The van der Waals surface area contributed by atoms with Gasteiger partial charge in [-0.2, -0.15) is 0 Å². The average Bonchev–Trinajstić information content (AvgIpc) is 2.46. The number of benzene rings is 1. The van der Waals surface area contributed by atoms with Gasteiger partial charge in [0.15, 0.2) is 0 Å². The fourth-order valence-corrected chi connectivity index (χ4v) is 1.73. The van der Waals surface area contributed by atoms with Crippen molar-refractivity contribution in [1.82, 2.24) is 4.98 Å². The van der Waals surface area contributed by atoms with Crippen LogP contribution in [0.5, 0.6) is 0 Å². The summed E-state index contributed by atoms with van der Waals surface area (Å²) < 4.78 is 0. The van der Waals surface area contributed by atoms with Gasteiger partial charge >= 0.3 is 0 Å². The Morgan fingerprint density at radius 1 is 1.35 bits per heavy atom. The summed E-state index contributed by atoms with van der Waals surface area (Å²) in [5.41, 5.74) is 2.21. The second-order valence-corrected chi connectivity index (χ2v) is 4.16. The number of rotatable bonds is 2. The Labute approximate surface area is 117 Å². The molecule has 1 heterocycles. The van der Waals surface area contributed by atoms with Gasteiger partial charge in [-0.15, -0.1) is 0 Å². The van der Waals surface area contributed by atoms with Gasteiger partial charge in [-0.25, -0.2) is 4.98 Å². The Morgan fingerprint density at radius 3 is 2.90 bits per heavy atom. The molecular weight excluding hydrogens is 252 g/mol. The zero-order chi connectivity index (χ0) is 14.4. The molecule has 0 aliphatic carbocycles. The third-order valence-corrected chi connectivity index (χ3v) is 2.70. The number of aliphatic hydroxyl groups excluding tert-OH is 1. The number of carbonyl (C=O) groups is 1. The van der Waals surface area contributed by atoms with E-state index < -0.39 is 0 Å². The summed E-state index contributed by atoms with van der Waals surface area (Å²) in [6.07, 6.45) is 1.56. The first-order valence-electron chi connectivity index (χ1n) is 6.13. The van der Waals surface area contributed by atoms with Crippen LogP contribution < -0.4 is 5.32 Å². The minimum absolute atomic E-state index is 0.201. The maximum atomic E-state index is 12.1. The van der Waals surface area contributed by atoms with Crippen molar-refractivity contribution in [3.63, 3.8) is 0 Å². The number of aliphatic hydroxyl groups is 1. The molecule has 4 heteroatoms. The molecule has 0 unspecified atom stereocenters. The molecule has 100 valence electrons. The number of pyridine rings is 1. The van der Waals surface area contributed by atoms with E-state index in [1.165, 1.54) is 0 Å². The normalized spacial score (nSPS) is 9.50. The highest BCUT2D eigenvalue weighted by molar-refractivity contribution is 6.04. The van der Waals surface area contributed by atoms with Gasteiger partial charge in [0.1, 0.15) is 12.4 Å². The Morgan fingerprint density at radius 2 is 2.15 bits per heavy atom. The zero-order valence-electron chi connectivity index (χ0n) is 11.1. The summed E-state index contributed by atoms with van der Waals surface area (Å²) in [7, 11) is 0. The van der Waals surface area contributed by atoms with Crippen molar-refractivity contribution in [1.29, 1.82) is 0 Å². The van der Waals surface area contributed by atoms with E-state index in [4.69, 9.17) is 5.11 Å². The number of hydrogen-bond donors (Lipinski definition) is 2. The van der Waals surface area contributed by atoms with Crippen molar-refractivity contribution in [3.05, 3.63) is 59.3 Å². The largest absolute Gasteiger partial charge is 0.384 e. The molecule has 0 spiro atoms. The van der Waals surface area contributed by atoms with Crippen LogP contribution in [0.2, 0.25) is 0 Å². The fourth-order valence-electron chi connectivity index (χ4n) is 1.73. The molecule has 0 saturated heterocycles. The van der Waals surface area contributed by atoms with Gasteiger partial charge in [-0.05, 0) is 30.7 Å². The highest BCUT2D eigenvalue weighted by Gasteiger charge is 2.08. The average molecular weight is 266 g/mol. The van der Waals surface area contributed by atoms with Gasteiger partial charge in [0.2, 0.25) is 0 Å². The molecule has 1 amide bonds. The Bertz CT molecular complexity index is 684. The van der Waals surface area contributed by atoms with Gasteiger partial charge < -0.3 is 10.4 Å². The van der Waals surface area contributed by atoms with E-state index in [0.29, 0.717) is 16.9 Å². The predicted octanol–water partition coefficient (Wildman–Crippen LogP) is 1.99. The molecule has 0 bridgehead atoms. The molecule has 2 aromatic rings. The summed E-state index contributed by atoms with van der Waals surface area (Å²) in [5.74, 6) is 5.55. The monoisotopic (exact) mass is 266 g/mol. The molecule has 0 aliphatic heterocycles. The van der Waals surface area contributed by atoms with Crippen LogP contribution in [0.1, 0.15) is 21.5 Å². The highest BCUT2D eigenvalue weighted by atomic mass is 16.2. The van der Waals surface area contributed by atoms with Gasteiger partial charge in [0.25, 0.3) is 5.91 Å². The second kappa shape index (κ2) is 6.50. The van der Waals surface area contributed by atoms with Crippen LogP contribution in [0.15, 0.2) is 42.6 Å². The first kappa shape index (κ1) is 13.8. The lowest BCUT2D eigenvalue weighted by molar-refractivity contribution is 0.102. The van der Waals surface area contributed by atoms with Crippen molar-refractivity contribution >= 4 is 11.7 Å². The lowest BCUT2D eigenvalue weighted by Crippen LogP contribution is -2.14. The van der Waals surface area contributed by atoms with E-state index in [2.05, 4.69) is 22.1 Å². The number of aromatic nitrogens is 1. The summed E-state index contributed by atoms with van der Waals surface area (Å²) >= 11 is 0. The van der Waals surface area contributed by atoms with Crippen molar-refractivity contribution in [3.8, 4) is 11.8 Å². The third kappa shape index (κ3) is 3.44. The summed E-state index contributed by atoms with van der Waals surface area (Å²) in [6, 6.07) is 10.7. The zero-order valence-corrected chi connectivity index (χ0v) is 11.1. The molecule has 0 atom stereocenters. The fraction of sp³-hybridized carbons (Fsp3) is 0.125. The molecule has 0 fully saturated rings. The summed E-state index contributed by atoms with van der Waals surface area (Å²) in [4.78, 5) is 16.2. The maximum absolute atomic E-state index is 12.1. The minimum Gasteiger partial charge on any atom is -0.384 e. The maximum Gasteiger partial charge on any atom is 0.257 e. The smallest absolute Gasteiger partial charge is 0.257 e. The standard InChI is InChI=1S/C16H14N2O2/c1-12-5-2-3-7-14(12)16(20)18-15-11-13(6-4-10-19)8-9-17-15/h2-3,5,7-9,11,19H,10H2,1H3,(H,17,18,20). The molecule has 2 N–H and O–H groups in total. The van der Waals surface area contributed by atoms with Gasteiger partial charge in [-0.1, -0.05) is 30.0 Å². The first-order valence-corrected chi connectivity index (χ1v) is 6.13. The van der Waals surface area contributed by atoms with Crippen LogP contribution >= 0.6 is 0 Å². The van der Waals surface area contributed by atoms with E-state index in [-0.39, 0.29) is 12.5 Å². The van der Waals surface area contributed by atoms with E-state index in [1.807, 2.05) is 25.1 Å². The SMILES string of the molecule is Cc1ccccc1C(=O)Nc1cc(C#CCO)ccn1. The van der Waals surface area contributed by atoms with E-state index in [0.717, 1.165) is 5.56 Å². The first-order chi connectivity index (χ1) is 9.70. The molecule has 2 rings (SSSR count). The van der Waals surface area contributed by atoms with Crippen molar-refractivity contribution in [2.24, 2.45) is 0 Å². The van der Waals surface area contributed by atoms with Crippen LogP contribution in [-0.2, 0) is 0 Å². The third-order valence-electron chi connectivity index (χ3n) is 2.70. The number of nitrogens with one attached hydrogen (secondary N) is 1. The lowest BCUT2D eigenvalue weighted by atomic mass is 10.1. The van der Waals surface area contributed by atoms with Crippen molar-refractivity contribution < 1.29 is 9.90 Å². The molecule has 0 saturated carbocycles. The van der Waals surface area contributed by atoms with Crippen molar-refractivity contribution in [2.75, 3.05) is 11.9 Å². The predicted molar refractivity (Wildman–Crippen MR) is 77.3 cm³/mol. The highest BCUT2D eigenvalue weighted by Crippen LogP contribution is 2.11. The van der Waals surface area contributed by atoms with Crippen molar-refractivity contribution in [2.45, 2.75) is 6.92 Å². The number of anilines is 1. The minimum atomic E-state index is -0.206. The lowest BCUT2D eigenvalue weighted by Gasteiger charge is -2.06. The van der Waals surface area contributed by atoms with Crippen LogP contribution in [0.3, 0.4) is 0 Å². The van der Waals surface area contributed by atoms with Crippen LogP contribution in [0.4, 0.5) is 5.82 Å². The molecule has 1 aromatic carbocycles. The molecule has 0 aliphatic rings. The Kier molecular flexibility index (Phi) is 4.48. The molecule has 4 nitrogen and oxygen atoms in total. The number of aryl methyl sites for hydroxylation is 1. The van der Waals surface area contributed by atoms with Crippen LogP contribution in [0.25, 0.3) is 0 Å². The molecule has 1 aromatic heterocycles. The van der Waals surface area contributed by atoms with Gasteiger partial charge in [-0.3, -0.25) is 4.79 Å². The quantitative estimate of drug-likeness (QED) is 0.817. The molecule has 20 heavy (non-hydrogen) atoms. The van der Waals surface area contributed by atoms with E-state index in [9.17, 15) is 4.79 Å². The molecular formula is C16H14N2O2. The number of amides is 1. The summed E-state index contributed by atoms with van der Waals surface area (Å²) in [5, 5.41) is 11.4. The Balaban J connectivity index is 2.18. The molecule has 0 radical (unpaired) electrons. The summed E-state index contributed by atoms with van der Waals surface area (Å²) in [6.45, 7) is 1.68. The van der Waals surface area contributed by atoms with Crippen LogP contribution in [-0.4, -0.2) is 22.6 Å². The van der Waals surface area contributed by atoms with E-state index >= 15 is 0 Å².